The average molecular weight is 255 g/mol. The van der Waals surface area contributed by atoms with Crippen molar-refractivity contribution in [2.24, 2.45) is 12.8 Å². The molecule has 5 nitrogen and oxygen atoms in total. The Labute approximate surface area is 111 Å². The van der Waals surface area contributed by atoms with Gasteiger partial charge in [-0.15, -0.1) is 0 Å². The van der Waals surface area contributed by atoms with Crippen LogP contribution in [0.3, 0.4) is 0 Å². The van der Waals surface area contributed by atoms with Crippen molar-refractivity contribution in [1.82, 2.24) is 19.6 Å². The standard InChI is InChI=1S/C14H17N5/c1-3-19-9-10(8-16-19)13(15)14-11-6-4-5-7-12(11)18(2)17-14/h4-9,13H,3,15H2,1-2H3. The van der Waals surface area contributed by atoms with Gasteiger partial charge in [0, 0.05) is 30.7 Å². The second-order valence-electron chi connectivity index (χ2n) is 4.63. The first-order valence-electron chi connectivity index (χ1n) is 6.40. The van der Waals surface area contributed by atoms with Crippen LogP contribution in [0.1, 0.15) is 24.2 Å². The Morgan fingerprint density at radius 3 is 2.84 bits per heavy atom. The Bertz CT molecular complexity index is 710. The monoisotopic (exact) mass is 255 g/mol. The van der Waals surface area contributed by atoms with Crippen LogP contribution in [0.5, 0.6) is 0 Å². The summed E-state index contributed by atoms with van der Waals surface area (Å²) < 4.78 is 3.75. The number of aryl methyl sites for hydroxylation is 2. The Balaban J connectivity index is 2.08. The van der Waals surface area contributed by atoms with E-state index in [-0.39, 0.29) is 6.04 Å². The highest BCUT2D eigenvalue weighted by molar-refractivity contribution is 5.82. The second kappa shape index (κ2) is 4.51. The molecule has 1 atom stereocenters. The van der Waals surface area contributed by atoms with Crippen molar-refractivity contribution in [3.8, 4) is 0 Å². The van der Waals surface area contributed by atoms with Crippen LogP contribution in [0.4, 0.5) is 0 Å². The zero-order valence-electron chi connectivity index (χ0n) is 11.1. The zero-order valence-corrected chi connectivity index (χ0v) is 11.1. The maximum atomic E-state index is 6.33. The molecule has 98 valence electrons. The third kappa shape index (κ3) is 1.92. The molecule has 3 aromatic rings. The lowest BCUT2D eigenvalue weighted by Gasteiger charge is -2.06. The van der Waals surface area contributed by atoms with Gasteiger partial charge in [-0.05, 0) is 13.0 Å². The molecule has 3 rings (SSSR count). The van der Waals surface area contributed by atoms with Gasteiger partial charge in [-0.2, -0.15) is 10.2 Å². The van der Waals surface area contributed by atoms with Crippen molar-refractivity contribution in [3.05, 3.63) is 47.9 Å². The first kappa shape index (κ1) is 11.9. The molecule has 0 aliphatic rings. The second-order valence-corrected chi connectivity index (χ2v) is 4.63. The number of hydrogen-bond acceptors (Lipinski definition) is 3. The first-order valence-corrected chi connectivity index (χ1v) is 6.40. The minimum absolute atomic E-state index is 0.244. The molecular weight excluding hydrogens is 238 g/mol. The fourth-order valence-electron chi connectivity index (χ4n) is 2.34. The molecule has 0 aliphatic heterocycles. The quantitative estimate of drug-likeness (QED) is 0.776. The molecule has 2 heterocycles. The van der Waals surface area contributed by atoms with Gasteiger partial charge >= 0.3 is 0 Å². The number of rotatable bonds is 3. The fraction of sp³-hybridized carbons (Fsp3) is 0.286. The van der Waals surface area contributed by atoms with Gasteiger partial charge in [0.1, 0.15) is 0 Å². The van der Waals surface area contributed by atoms with Crippen molar-refractivity contribution in [1.29, 1.82) is 0 Å². The van der Waals surface area contributed by atoms with Gasteiger partial charge in [-0.1, -0.05) is 18.2 Å². The Kier molecular flexibility index (Phi) is 2.83. The molecule has 0 spiro atoms. The third-order valence-electron chi connectivity index (χ3n) is 3.42. The van der Waals surface area contributed by atoms with E-state index in [0.717, 1.165) is 28.7 Å². The van der Waals surface area contributed by atoms with E-state index < -0.39 is 0 Å². The summed E-state index contributed by atoms with van der Waals surface area (Å²) in [6.45, 7) is 2.90. The zero-order chi connectivity index (χ0) is 13.4. The molecule has 2 aromatic heterocycles. The molecule has 19 heavy (non-hydrogen) atoms. The molecule has 0 aliphatic carbocycles. The smallest absolute Gasteiger partial charge is 0.0916 e. The number of aromatic nitrogens is 4. The van der Waals surface area contributed by atoms with Crippen LogP contribution < -0.4 is 5.73 Å². The summed E-state index contributed by atoms with van der Waals surface area (Å²) in [5, 5.41) is 9.92. The average Bonchev–Trinajstić information content (AvgIpc) is 3.04. The molecule has 0 saturated heterocycles. The Morgan fingerprint density at radius 2 is 2.11 bits per heavy atom. The highest BCUT2D eigenvalue weighted by Crippen LogP contribution is 2.25. The minimum Gasteiger partial charge on any atom is -0.319 e. The Morgan fingerprint density at radius 1 is 1.32 bits per heavy atom. The molecule has 0 radical (unpaired) electrons. The molecule has 0 amide bonds. The van der Waals surface area contributed by atoms with Crippen molar-refractivity contribution in [2.45, 2.75) is 19.5 Å². The Hall–Kier alpha value is -2.14. The van der Waals surface area contributed by atoms with Gasteiger partial charge in [0.2, 0.25) is 0 Å². The van der Waals surface area contributed by atoms with Crippen molar-refractivity contribution < 1.29 is 0 Å². The van der Waals surface area contributed by atoms with E-state index in [2.05, 4.69) is 23.2 Å². The normalized spacial score (nSPS) is 13.0. The van der Waals surface area contributed by atoms with Gasteiger partial charge in [0.15, 0.2) is 0 Å². The van der Waals surface area contributed by atoms with Crippen molar-refractivity contribution in [3.63, 3.8) is 0 Å². The fourth-order valence-corrected chi connectivity index (χ4v) is 2.34. The summed E-state index contributed by atoms with van der Waals surface area (Å²) in [5.74, 6) is 0. The molecular formula is C14H17N5. The SMILES string of the molecule is CCn1cc(C(N)c2nn(C)c3ccccc23)cn1. The van der Waals surface area contributed by atoms with Gasteiger partial charge < -0.3 is 5.73 Å². The summed E-state index contributed by atoms with van der Waals surface area (Å²) in [6, 6.07) is 7.88. The predicted octanol–water partition coefficient (Wildman–Crippen LogP) is 1.84. The van der Waals surface area contributed by atoms with Gasteiger partial charge in [-0.25, -0.2) is 0 Å². The lowest BCUT2D eigenvalue weighted by atomic mass is 10.1. The lowest BCUT2D eigenvalue weighted by Crippen LogP contribution is -2.12. The first-order chi connectivity index (χ1) is 9.20. The largest absolute Gasteiger partial charge is 0.319 e. The number of fused-ring (bicyclic) bond motifs is 1. The van der Waals surface area contributed by atoms with E-state index in [0.29, 0.717) is 0 Å². The van der Waals surface area contributed by atoms with Crippen LogP contribution in [0.25, 0.3) is 10.9 Å². The minimum atomic E-state index is -0.244. The number of nitrogens with zero attached hydrogens (tertiary/aromatic N) is 4. The van der Waals surface area contributed by atoms with E-state index in [1.807, 2.05) is 47.0 Å². The molecule has 5 heteroatoms. The van der Waals surface area contributed by atoms with Gasteiger partial charge in [0.05, 0.1) is 23.4 Å². The summed E-state index contributed by atoms with van der Waals surface area (Å²) in [6.07, 6.45) is 3.80. The maximum absolute atomic E-state index is 6.33. The molecule has 0 bridgehead atoms. The molecule has 0 saturated carbocycles. The van der Waals surface area contributed by atoms with Crippen LogP contribution >= 0.6 is 0 Å². The van der Waals surface area contributed by atoms with Crippen LogP contribution in [0.2, 0.25) is 0 Å². The summed E-state index contributed by atoms with van der Waals surface area (Å²) in [4.78, 5) is 0. The van der Waals surface area contributed by atoms with E-state index in [1.54, 1.807) is 0 Å². The molecule has 1 aromatic carbocycles. The summed E-state index contributed by atoms with van der Waals surface area (Å²) in [5.41, 5.74) is 9.32. The molecule has 1 unspecified atom stereocenters. The third-order valence-corrected chi connectivity index (χ3v) is 3.42. The van der Waals surface area contributed by atoms with E-state index in [9.17, 15) is 0 Å². The van der Waals surface area contributed by atoms with Gasteiger partial charge in [-0.3, -0.25) is 9.36 Å². The number of hydrogen-bond donors (Lipinski definition) is 1. The van der Waals surface area contributed by atoms with Crippen molar-refractivity contribution in [2.75, 3.05) is 0 Å². The number of para-hydroxylation sites is 1. The van der Waals surface area contributed by atoms with E-state index in [4.69, 9.17) is 5.73 Å². The van der Waals surface area contributed by atoms with Crippen LogP contribution in [-0.2, 0) is 13.6 Å². The lowest BCUT2D eigenvalue weighted by molar-refractivity contribution is 0.658. The number of nitrogens with two attached hydrogens (primary N) is 1. The van der Waals surface area contributed by atoms with Crippen LogP contribution in [-0.4, -0.2) is 19.6 Å². The van der Waals surface area contributed by atoms with Gasteiger partial charge in [0.25, 0.3) is 0 Å². The summed E-state index contributed by atoms with van der Waals surface area (Å²) >= 11 is 0. The number of benzene rings is 1. The molecule has 0 fully saturated rings. The summed E-state index contributed by atoms with van der Waals surface area (Å²) in [7, 11) is 1.94. The van der Waals surface area contributed by atoms with Crippen LogP contribution in [0.15, 0.2) is 36.7 Å². The highest BCUT2D eigenvalue weighted by Gasteiger charge is 2.18. The predicted molar refractivity (Wildman–Crippen MR) is 74.6 cm³/mol. The van der Waals surface area contributed by atoms with E-state index >= 15 is 0 Å². The van der Waals surface area contributed by atoms with Crippen molar-refractivity contribution >= 4 is 10.9 Å². The highest BCUT2D eigenvalue weighted by atomic mass is 15.3. The topological polar surface area (TPSA) is 61.7 Å². The van der Waals surface area contributed by atoms with E-state index in [1.165, 1.54) is 0 Å². The maximum Gasteiger partial charge on any atom is 0.0916 e. The molecule has 2 N–H and O–H groups in total. The van der Waals surface area contributed by atoms with Crippen LogP contribution in [0, 0.1) is 0 Å².